The summed E-state index contributed by atoms with van der Waals surface area (Å²) in [6.45, 7) is 1.82. The molecule has 3 rings (SSSR count). The van der Waals surface area contributed by atoms with Gasteiger partial charge in [0, 0.05) is 11.8 Å². The Morgan fingerprint density at radius 2 is 2.10 bits per heavy atom. The van der Waals surface area contributed by atoms with Crippen molar-refractivity contribution < 1.29 is 9.18 Å². The molecule has 1 aliphatic carbocycles. The lowest BCUT2D eigenvalue weighted by Gasteiger charge is -2.09. The monoisotopic (exact) mass is 286 g/mol. The van der Waals surface area contributed by atoms with Gasteiger partial charge in [-0.15, -0.1) is 0 Å². The molecule has 0 atom stereocenters. The first-order valence-electron chi connectivity index (χ1n) is 7.47. The second kappa shape index (κ2) is 5.80. The maximum atomic E-state index is 13.3. The van der Waals surface area contributed by atoms with Crippen molar-refractivity contribution in [3.05, 3.63) is 53.1 Å². The minimum Gasteiger partial charge on any atom is -0.294 e. The van der Waals surface area contributed by atoms with Crippen LogP contribution < -0.4 is 0 Å². The second-order valence-corrected chi connectivity index (χ2v) is 5.78. The number of ketones is 1. The van der Waals surface area contributed by atoms with Crippen molar-refractivity contribution in [2.24, 2.45) is 0 Å². The smallest absolute Gasteiger partial charge is 0.169 e. The van der Waals surface area contributed by atoms with Gasteiger partial charge in [-0.1, -0.05) is 18.9 Å². The summed E-state index contributed by atoms with van der Waals surface area (Å²) in [7, 11) is 0. The van der Waals surface area contributed by atoms with E-state index in [1.165, 1.54) is 25.0 Å². The molecule has 1 aliphatic rings. The number of carbonyl (C=O) groups excluding carboxylic acids is 1. The fourth-order valence-corrected chi connectivity index (χ4v) is 3.00. The Hall–Kier alpha value is -1.97. The number of nitrogens with zero attached hydrogens (tertiary/aromatic N) is 2. The quantitative estimate of drug-likeness (QED) is 0.800. The van der Waals surface area contributed by atoms with E-state index in [4.69, 9.17) is 0 Å². The molecule has 0 amide bonds. The molecule has 0 radical (unpaired) electrons. The fourth-order valence-electron chi connectivity index (χ4n) is 3.00. The highest BCUT2D eigenvalue weighted by Gasteiger charge is 2.18. The summed E-state index contributed by atoms with van der Waals surface area (Å²) >= 11 is 0. The maximum absolute atomic E-state index is 13.3. The third-order valence-corrected chi connectivity index (χ3v) is 4.20. The molecule has 1 aromatic heterocycles. The van der Waals surface area contributed by atoms with Crippen molar-refractivity contribution in [1.29, 1.82) is 0 Å². The molecular weight excluding hydrogens is 267 g/mol. The Morgan fingerprint density at radius 1 is 1.33 bits per heavy atom. The zero-order valence-electron chi connectivity index (χ0n) is 12.2. The van der Waals surface area contributed by atoms with Crippen molar-refractivity contribution in [2.75, 3.05) is 0 Å². The lowest BCUT2D eigenvalue weighted by atomic mass is 10.0. The normalized spacial score (nSPS) is 15.5. The number of carbonyl (C=O) groups is 1. The standard InChI is InChI=1S/C17H19FN2O/c1-12-6-7-13(18)10-16(12)17(21)11-14-8-9-20(19-14)15-4-2-3-5-15/h6-10,15H,2-5,11H2,1H3. The van der Waals surface area contributed by atoms with E-state index in [1.807, 2.05) is 23.9 Å². The van der Waals surface area contributed by atoms with E-state index in [2.05, 4.69) is 5.10 Å². The largest absolute Gasteiger partial charge is 0.294 e. The van der Waals surface area contributed by atoms with E-state index in [0.29, 0.717) is 11.6 Å². The molecule has 21 heavy (non-hydrogen) atoms. The molecule has 0 N–H and O–H groups in total. The number of Topliss-reactive ketones (excluding diaryl/α,β-unsaturated/α-hetero) is 1. The van der Waals surface area contributed by atoms with Crippen molar-refractivity contribution in [1.82, 2.24) is 9.78 Å². The lowest BCUT2D eigenvalue weighted by Crippen LogP contribution is -2.09. The Kier molecular flexibility index (Phi) is 3.86. The van der Waals surface area contributed by atoms with Gasteiger partial charge in [-0.2, -0.15) is 5.10 Å². The van der Waals surface area contributed by atoms with Gasteiger partial charge in [-0.05, 0) is 43.5 Å². The number of hydrogen-bond acceptors (Lipinski definition) is 2. The topological polar surface area (TPSA) is 34.9 Å². The molecule has 1 saturated carbocycles. The Bertz CT molecular complexity index is 657. The predicted molar refractivity (Wildman–Crippen MR) is 78.9 cm³/mol. The third kappa shape index (κ3) is 3.04. The Balaban J connectivity index is 1.74. The molecule has 0 saturated heterocycles. The summed E-state index contributed by atoms with van der Waals surface area (Å²) in [6.07, 6.45) is 7.01. The van der Waals surface area contributed by atoms with Crippen LogP contribution in [-0.4, -0.2) is 15.6 Å². The molecule has 1 aromatic carbocycles. The van der Waals surface area contributed by atoms with Gasteiger partial charge in [-0.25, -0.2) is 4.39 Å². The van der Waals surface area contributed by atoms with Gasteiger partial charge < -0.3 is 0 Å². The van der Waals surface area contributed by atoms with Gasteiger partial charge in [0.2, 0.25) is 0 Å². The van der Waals surface area contributed by atoms with Crippen LogP contribution in [0.5, 0.6) is 0 Å². The van der Waals surface area contributed by atoms with Crippen LogP contribution in [0, 0.1) is 12.7 Å². The number of rotatable bonds is 4. The average Bonchev–Trinajstić information content (AvgIpc) is 3.11. The molecule has 0 aliphatic heterocycles. The first-order chi connectivity index (χ1) is 10.1. The zero-order chi connectivity index (χ0) is 14.8. The van der Waals surface area contributed by atoms with E-state index in [-0.39, 0.29) is 18.0 Å². The minimum absolute atomic E-state index is 0.0799. The van der Waals surface area contributed by atoms with E-state index in [0.717, 1.165) is 24.1 Å². The number of aromatic nitrogens is 2. The van der Waals surface area contributed by atoms with Gasteiger partial charge >= 0.3 is 0 Å². The van der Waals surface area contributed by atoms with Gasteiger partial charge in [-0.3, -0.25) is 9.48 Å². The first-order valence-corrected chi connectivity index (χ1v) is 7.47. The molecule has 0 bridgehead atoms. The molecule has 4 heteroatoms. The molecule has 1 heterocycles. The highest BCUT2D eigenvalue weighted by atomic mass is 19.1. The molecular formula is C17H19FN2O. The molecule has 2 aromatic rings. The summed E-state index contributed by atoms with van der Waals surface area (Å²) < 4.78 is 15.3. The van der Waals surface area contributed by atoms with Gasteiger partial charge in [0.05, 0.1) is 18.2 Å². The van der Waals surface area contributed by atoms with Crippen molar-refractivity contribution in [3.63, 3.8) is 0 Å². The first kappa shape index (κ1) is 14.0. The highest BCUT2D eigenvalue weighted by Crippen LogP contribution is 2.28. The fraction of sp³-hybridized carbons (Fsp3) is 0.412. The Labute approximate surface area is 123 Å². The molecule has 1 fully saturated rings. The minimum atomic E-state index is -0.375. The van der Waals surface area contributed by atoms with Gasteiger partial charge in [0.1, 0.15) is 5.82 Å². The summed E-state index contributed by atoms with van der Waals surface area (Å²) in [4.78, 5) is 12.3. The number of halogens is 1. The maximum Gasteiger partial charge on any atom is 0.169 e. The van der Waals surface area contributed by atoms with Gasteiger partial charge in [0.25, 0.3) is 0 Å². The van der Waals surface area contributed by atoms with Gasteiger partial charge in [0.15, 0.2) is 5.78 Å². The Morgan fingerprint density at radius 3 is 2.86 bits per heavy atom. The van der Waals surface area contributed by atoms with Crippen LogP contribution in [0.2, 0.25) is 0 Å². The number of benzene rings is 1. The van der Waals surface area contributed by atoms with Crippen molar-refractivity contribution in [2.45, 2.75) is 45.1 Å². The van der Waals surface area contributed by atoms with Crippen molar-refractivity contribution >= 4 is 5.78 Å². The zero-order valence-corrected chi connectivity index (χ0v) is 12.2. The second-order valence-electron chi connectivity index (χ2n) is 5.78. The van der Waals surface area contributed by atoms with Crippen LogP contribution in [0.3, 0.4) is 0 Å². The van der Waals surface area contributed by atoms with Crippen molar-refractivity contribution in [3.8, 4) is 0 Å². The molecule has 0 unspecified atom stereocenters. The summed E-state index contributed by atoms with van der Waals surface area (Å²) in [5.74, 6) is -0.455. The van der Waals surface area contributed by atoms with Crippen LogP contribution in [-0.2, 0) is 6.42 Å². The van der Waals surface area contributed by atoms with Crippen LogP contribution >= 0.6 is 0 Å². The van der Waals surface area contributed by atoms with E-state index in [9.17, 15) is 9.18 Å². The van der Waals surface area contributed by atoms with Crippen LogP contribution in [0.15, 0.2) is 30.5 Å². The third-order valence-electron chi connectivity index (χ3n) is 4.20. The lowest BCUT2D eigenvalue weighted by molar-refractivity contribution is 0.0990. The average molecular weight is 286 g/mol. The number of aryl methyl sites for hydroxylation is 1. The molecule has 110 valence electrons. The molecule has 0 spiro atoms. The van der Waals surface area contributed by atoms with E-state index >= 15 is 0 Å². The summed E-state index contributed by atoms with van der Waals surface area (Å²) in [5, 5.41) is 4.51. The predicted octanol–water partition coefficient (Wildman–Crippen LogP) is 3.87. The highest BCUT2D eigenvalue weighted by molar-refractivity contribution is 5.98. The van der Waals surface area contributed by atoms with E-state index < -0.39 is 0 Å². The summed E-state index contributed by atoms with van der Waals surface area (Å²) in [5.41, 5.74) is 2.01. The SMILES string of the molecule is Cc1ccc(F)cc1C(=O)Cc1ccn(C2CCCC2)n1. The van der Waals surface area contributed by atoms with Crippen LogP contribution in [0.4, 0.5) is 4.39 Å². The molecule has 3 nitrogen and oxygen atoms in total. The number of hydrogen-bond donors (Lipinski definition) is 0. The van der Waals surface area contributed by atoms with E-state index in [1.54, 1.807) is 6.07 Å². The summed E-state index contributed by atoms with van der Waals surface area (Å²) in [6, 6.07) is 6.70. The van der Waals surface area contributed by atoms with Crippen LogP contribution in [0.1, 0.15) is 53.3 Å². The van der Waals surface area contributed by atoms with Crippen LogP contribution in [0.25, 0.3) is 0 Å².